The summed E-state index contributed by atoms with van der Waals surface area (Å²) in [5.41, 5.74) is 1.41. The summed E-state index contributed by atoms with van der Waals surface area (Å²) in [6.45, 7) is 1.50. The Morgan fingerprint density at radius 3 is 2.88 bits per heavy atom. The summed E-state index contributed by atoms with van der Waals surface area (Å²) in [7, 11) is 3.59. The van der Waals surface area contributed by atoms with Gasteiger partial charge in [0.15, 0.2) is 6.29 Å². The van der Waals surface area contributed by atoms with Gasteiger partial charge >= 0.3 is 0 Å². The molecule has 0 amide bonds. The first-order chi connectivity index (χ1) is 7.70. The lowest BCUT2D eigenvalue weighted by molar-refractivity contribution is 0.112. The van der Waals surface area contributed by atoms with Gasteiger partial charge in [0.1, 0.15) is 0 Å². The van der Waals surface area contributed by atoms with Gasteiger partial charge in [-0.3, -0.25) is 4.79 Å². The van der Waals surface area contributed by atoms with Crippen molar-refractivity contribution in [3.8, 4) is 0 Å². The number of aldehydes is 1. The number of hydrogen-bond donors (Lipinski definition) is 0. The zero-order valence-corrected chi connectivity index (χ0v) is 10.3. The van der Waals surface area contributed by atoms with Gasteiger partial charge in [-0.05, 0) is 18.6 Å². The molecule has 0 aliphatic rings. The fraction of sp³-hybridized carbons (Fsp3) is 0.417. The molecular weight excluding hydrogens is 226 g/mol. The Bertz CT molecular complexity index is 355. The van der Waals surface area contributed by atoms with Crippen LogP contribution in [0.25, 0.3) is 0 Å². The fourth-order valence-corrected chi connectivity index (χ4v) is 1.91. The highest BCUT2D eigenvalue weighted by Gasteiger charge is 2.10. The Balaban J connectivity index is 2.80. The molecule has 0 radical (unpaired) electrons. The van der Waals surface area contributed by atoms with E-state index in [1.807, 2.05) is 11.9 Å². The first-order valence-corrected chi connectivity index (χ1v) is 5.52. The minimum absolute atomic E-state index is 0.601. The number of nitrogens with zero attached hydrogens (tertiary/aromatic N) is 1. The molecule has 0 saturated heterocycles. The largest absolute Gasteiger partial charge is 0.385 e. The highest BCUT2D eigenvalue weighted by atomic mass is 35.5. The van der Waals surface area contributed by atoms with Crippen LogP contribution in [0.3, 0.4) is 0 Å². The first kappa shape index (κ1) is 13.0. The van der Waals surface area contributed by atoms with E-state index in [0.717, 1.165) is 24.9 Å². The predicted octanol–water partition coefficient (Wildman–Crippen LogP) is 2.63. The van der Waals surface area contributed by atoms with E-state index in [2.05, 4.69) is 0 Å². The number of anilines is 1. The molecule has 88 valence electrons. The summed E-state index contributed by atoms with van der Waals surface area (Å²) >= 11 is 6.08. The average molecular weight is 242 g/mol. The topological polar surface area (TPSA) is 29.5 Å². The molecule has 1 aromatic carbocycles. The van der Waals surface area contributed by atoms with Crippen molar-refractivity contribution in [1.82, 2.24) is 0 Å². The van der Waals surface area contributed by atoms with Crippen molar-refractivity contribution in [2.75, 3.05) is 32.2 Å². The maximum absolute atomic E-state index is 10.9. The molecule has 0 aromatic heterocycles. The van der Waals surface area contributed by atoms with E-state index in [0.29, 0.717) is 17.2 Å². The van der Waals surface area contributed by atoms with Crippen LogP contribution in [0, 0.1) is 0 Å². The third kappa shape index (κ3) is 3.22. The second-order valence-corrected chi connectivity index (χ2v) is 3.97. The second-order valence-electron chi connectivity index (χ2n) is 3.56. The zero-order chi connectivity index (χ0) is 12.0. The van der Waals surface area contributed by atoms with Gasteiger partial charge in [0, 0.05) is 32.9 Å². The molecule has 0 bridgehead atoms. The minimum atomic E-state index is 0.601. The maximum Gasteiger partial charge on any atom is 0.152 e. The number of methoxy groups -OCH3 is 1. The molecule has 0 fully saturated rings. The Hall–Kier alpha value is -1.06. The van der Waals surface area contributed by atoms with E-state index >= 15 is 0 Å². The van der Waals surface area contributed by atoms with Crippen molar-refractivity contribution in [3.05, 3.63) is 28.8 Å². The molecule has 0 aliphatic carbocycles. The lowest BCUT2D eigenvalue weighted by Crippen LogP contribution is -2.21. The van der Waals surface area contributed by atoms with Crippen molar-refractivity contribution >= 4 is 23.6 Å². The lowest BCUT2D eigenvalue weighted by Gasteiger charge is -2.21. The van der Waals surface area contributed by atoms with Crippen LogP contribution in [0.1, 0.15) is 16.8 Å². The van der Waals surface area contributed by atoms with Crippen molar-refractivity contribution in [3.63, 3.8) is 0 Å². The summed E-state index contributed by atoms with van der Waals surface area (Å²) < 4.78 is 4.99. The van der Waals surface area contributed by atoms with Crippen LogP contribution in [-0.4, -0.2) is 33.6 Å². The Labute approximate surface area is 101 Å². The van der Waals surface area contributed by atoms with E-state index in [4.69, 9.17) is 16.3 Å². The van der Waals surface area contributed by atoms with Crippen LogP contribution in [0.2, 0.25) is 5.02 Å². The molecule has 0 N–H and O–H groups in total. The summed E-state index contributed by atoms with van der Waals surface area (Å²) in [6.07, 6.45) is 1.73. The zero-order valence-electron chi connectivity index (χ0n) is 9.57. The number of halogens is 1. The van der Waals surface area contributed by atoms with E-state index in [9.17, 15) is 4.79 Å². The number of rotatable bonds is 6. The van der Waals surface area contributed by atoms with Gasteiger partial charge in [0.05, 0.1) is 10.7 Å². The van der Waals surface area contributed by atoms with E-state index in [-0.39, 0.29) is 0 Å². The van der Waals surface area contributed by atoms with Crippen LogP contribution < -0.4 is 4.90 Å². The van der Waals surface area contributed by atoms with E-state index < -0.39 is 0 Å². The molecule has 4 heteroatoms. The quantitative estimate of drug-likeness (QED) is 0.567. The number of carbonyl (C=O) groups is 1. The van der Waals surface area contributed by atoms with E-state index in [1.165, 1.54) is 0 Å². The second kappa shape index (κ2) is 6.51. The highest BCUT2D eigenvalue weighted by Crippen LogP contribution is 2.28. The molecule has 16 heavy (non-hydrogen) atoms. The average Bonchev–Trinajstić information content (AvgIpc) is 2.28. The van der Waals surface area contributed by atoms with Crippen molar-refractivity contribution < 1.29 is 9.53 Å². The molecule has 0 unspecified atom stereocenters. The predicted molar refractivity (Wildman–Crippen MR) is 66.6 cm³/mol. The standard InChI is InChI=1S/C12H16ClNO2/c1-14(7-4-8-16-2)12-10(9-15)5-3-6-11(12)13/h3,5-6,9H,4,7-8H2,1-2H3. The minimum Gasteiger partial charge on any atom is -0.385 e. The Morgan fingerprint density at radius 2 is 2.25 bits per heavy atom. The van der Waals surface area contributed by atoms with Crippen molar-refractivity contribution in [2.45, 2.75) is 6.42 Å². The molecular formula is C12H16ClNO2. The molecule has 0 heterocycles. The molecule has 1 aromatic rings. The van der Waals surface area contributed by atoms with Gasteiger partial charge in [-0.2, -0.15) is 0 Å². The molecule has 0 atom stereocenters. The monoisotopic (exact) mass is 241 g/mol. The normalized spacial score (nSPS) is 10.2. The summed E-state index contributed by atoms with van der Waals surface area (Å²) in [4.78, 5) is 12.9. The summed E-state index contributed by atoms with van der Waals surface area (Å²) in [6, 6.07) is 5.33. The van der Waals surface area contributed by atoms with Gasteiger partial charge in [0.25, 0.3) is 0 Å². The number of hydrogen-bond acceptors (Lipinski definition) is 3. The smallest absolute Gasteiger partial charge is 0.152 e. The highest BCUT2D eigenvalue weighted by molar-refractivity contribution is 6.33. The van der Waals surface area contributed by atoms with Crippen molar-refractivity contribution in [2.24, 2.45) is 0 Å². The molecule has 1 rings (SSSR count). The number of ether oxygens (including phenoxy) is 1. The molecule has 3 nitrogen and oxygen atoms in total. The first-order valence-electron chi connectivity index (χ1n) is 5.14. The lowest BCUT2D eigenvalue weighted by atomic mass is 10.1. The summed E-state index contributed by atoms with van der Waals surface area (Å²) in [5, 5.41) is 0.601. The number of benzene rings is 1. The third-order valence-electron chi connectivity index (χ3n) is 2.37. The van der Waals surface area contributed by atoms with Gasteiger partial charge < -0.3 is 9.64 Å². The van der Waals surface area contributed by atoms with Crippen LogP contribution in [0.15, 0.2) is 18.2 Å². The molecule has 0 aliphatic heterocycles. The van der Waals surface area contributed by atoms with Gasteiger partial charge in [-0.1, -0.05) is 17.7 Å². The SMILES string of the molecule is COCCCN(C)c1c(Cl)cccc1C=O. The van der Waals surface area contributed by atoms with Crippen LogP contribution in [0.4, 0.5) is 5.69 Å². The number of carbonyl (C=O) groups excluding carboxylic acids is 1. The summed E-state index contributed by atoms with van der Waals surface area (Å²) in [5.74, 6) is 0. The molecule has 0 saturated carbocycles. The number of para-hydroxylation sites is 1. The van der Waals surface area contributed by atoms with Gasteiger partial charge in [0.2, 0.25) is 0 Å². The third-order valence-corrected chi connectivity index (χ3v) is 2.67. The van der Waals surface area contributed by atoms with Gasteiger partial charge in [-0.15, -0.1) is 0 Å². The van der Waals surface area contributed by atoms with Crippen LogP contribution in [0.5, 0.6) is 0 Å². The van der Waals surface area contributed by atoms with Crippen LogP contribution >= 0.6 is 11.6 Å². The maximum atomic E-state index is 10.9. The van der Waals surface area contributed by atoms with Crippen molar-refractivity contribution in [1.29, 1.82) is 0 Å². The van der Waals surface area contributed by atoms with Gasteiger partial charge in [-0.25, -0.2) is 0 Å². The van der Waals surface area contributed by atoms with Crippen LogP contribution in [-0.2, 0) is 4.74 Å². The van der Waals surface area contributed by atoms with E-state index in [1.54, 1.807) is 25.3 Å². The Morgan fingerprint density at radius 1 is 1.50 bits per heavy atom. The fourth-order valence-electron chi connectivity index (χ4n) is 1.59. The Kier molecular flexibility index (Phi) is 5.29. The molecule has 0 spiro atoms.